The fourth-order valence-electron chi connectivity index (χ4n) is 9.56. The van der Waals surface area contributed by atoms with Crippen molar-refractivity contribution < 1.29 is 0 Å². The van der Waals surface area contributed by atoms with Crippen LogP contribution in [0, 0.1) is 0 Å². The maximum absolute atomic E-state index is 4.38. The van der Waals surface area contributed by atoms with Crippen LogP contribution in [0.3, 0.4) is 0 Å². The number of hydrogen-bond acceptors (Lipinski definition) is 4. The highest BCUT2D eigenvalue weighted by atomic mass is 32.1. The third-order valence-electron chi connectivity index (χ3n) is 12.4. The van der Waals surface area contributed by atoms with Gasteiger partial charge >= 0.3 is 0 Å². The summed E-state index contributed by atoms with van der Waals surface area (Å²) < 4.78 is 5.30. The van der Waals surface area contributed by atoms with E-state index in [1.807, 2.05) is 59.6 Å². The maximum atomic E-state index is 4.38. The van der Waals surface area contributed by atoms with E-state index in [1.165, 1.54) is 106 Å². The van der Waals surface area contributed by atoms with Gasteiger partial charge in [0, 0.05) is 75.9 Å². The number of benzene rings is 9. The van der Waals surface area contributed by atoms with Crippen molar-refractivity contribution in [3.05, 3.63) is 195 Å². The predicted octanol–water partition coefficient (Wildman–Crippen LogP) is 16.5. The molecule has 0 bridgehead atoms. The molecule has 278 valence electrons. The lowest BCUT2D eigenvalue weighted by atomic mass is 9.87. The molecule has 0 spiro atoms. The highest BCUT2D eigenvalue weighted by Gasteiger charge is 2.20. The Kier molecular flexibility index (Phi) is 7.38. The molecule has 0 fully saturated rings. The van der Waals surface area contributed by atoms with Gasteiger partial charge in [0.1, 0.15) is 0 Å². The average Bonchev–Trinajstić information content (AvgIpc) is 3.90. The van der Waals surface area contributed by atoms with E-state index < -0.39 is 0 Å². The normalized spacial score (nSPS) is 12.0. The summed E-state index contributed by atoms with van der Waals surface area (Å²) in [6.45, 7) is 0. The first-order chi connectivity index (χ1) is 29.7. The van der Waals surface area contributed by atoms with E-state index >= 15 is 0 Å². The Labute approximate surface area is 353 Å². The Morgan fingerprint density at radius 2 is 0.717 bits per heavy atom. The summed E-state index contributed by atoms with van der Waals surface area (Å²) in [7, 11) is 0. The Morgan fingerprint density at radius 3 is 1.15 bits per heavy atom. The van der Waals surface area contributed by atoms with Crippen LogP contribution in [0.15, 0.2) is 195 Å². The van der Waals surface area contributed by atoms with Crippen LogP contribution in [0.25, 0.3) is 128 Å². The Morgan fingerprint density at radius 1 is 0.300 bits per heavy atom. The summed E-state index contributed by atoms with van der Waals surface area (Å²) in [6, 6.07) is 63.3. The Hall–Kier alpha value is -7.24. The lowest BCUT2D eigenvalue weighted by Crippen LogP contribution is -1.89. The second-order valence-electron chi connectivity index (χ2n) is 15.7. The van der Waals surface area contributed by atoms with Gasteiger partial charge in [0.05, 0.1) is 0 Å². The van der Waals surface area contributed by atoms with Gasteiger partial charge in [0.15, 0.2) is 0 Å². The molecular weight excluding hydrogens is 765 g/mol. The monoisotopic (exact) mass is 796 g/mol. The van der Waals surface area contributed by atoms with Crippen molar-refractivity contribution in [1.82, 2.24) is 9.97 Å². The number of nitrogens with zero attached hydrogens (tertiary/aromatic N) is 2. The van der Waals surface area contributed by atoms with E-state index in [9.17, 15) is 0 Å². The first kappa shape index (κ1) is 33.7. The van der Waals surface area contributed by atoms with Crippen LogP contribution in [-0.2, 0) is 0 Å². The van der Waals surface area contributed by atoms with Crippen LogP contribution in [0.1, 0.15) is 0 Å². The number of thiophene rings is 2. The minimum atomic E-state index is 1.12. The molecule has 2 nitrogen and oxygen atoms in total. The first-order valence-corrected chi connectivity index (χ1v) is 21.9. The summed E-state index contributed by atoms with van der Waals surface area (Å²) in [4.78, 5) is 8.77. The van der Waals surface area contributed by atoms with Crippen LogP contribution in [0.5, 0.6) is 0 Å². The minimum absolute atomic E-state index is 1.12. The molecule has 13 aromatic rings. The third kappa shape index (κ3) is 5.11. The van der Waals surface area contributed by atoms with E-state index in [0.29, 0.717) is 0 Å². The van der Waals surface area contributed by atoms with E-state index in [-0.39, 0.29) is 0 Å². The molecule has 0 aliphatic heterocycles. The van der Waals surface area contributed by atoms with Crippen molar-refractivity contribution in [1.29, 1.82) is 0 Å². The van der Waals surface area contributed by atoms with Crippen LogP contribution < -0.4 is 0 Å². The van der Waals surface area contributed by atoms with Gasteiger partial charge in [-0.3, -0.25) is 9.97 Å². The van der Waals surface area contributed by atoms with Gasteiger partial charge in [0.25, 0.3) is 0 Å². The van der Waals surface area contributed by atoms with Crippen LogP contribution in [-0.4, -0.2) is 9.97 Å². The molecule has 60 heavy (non-hydrogen) atoms. The molecule has 0 aliphatic rings. The largest absolute Gasteiger partial charge is 0.264 e. The van der Waals surface area contributed by atoms with Gasteiger partial charge in [-0.2, -0.15) is 0 Å². The Balaban J connectivity index is 1.11. The highest BCUT2D eigenvalue weighted by Crippen LogP contribution is 2.49. The van der Waals surface area contributed by atoms with Gasteiger partial charge in [-0.15, -0.1) is 22.7 Å². The van der Waals surface area contributed by atoms with Crippen molar-refractivity contribution in [2.24, 2.45) is 0 Å². The number of aromatic nitrogens is 2. The summed E-state index contributed by atoms with van der Waals surface area (Å²) in [5, 5.41) is 15.5. The SMILES string of the molecule is c1cncc(-c2ccc(-c3cc4cc5c(cc(-c6ccc(-c7cccnc7)cc6)c6c5ccc5c7ccccc7sc56)cc4c4ccc5c6ccccc6sc5c34)cc2)c1. The Bertz CT molecular complexity index is 3590. The molecule has 0 radical (unpaired) electrons. The van der Waals surface area contributed by atoms with Crippen molar-refractivity contribution in [2.45, 2.75) is 0 Å². The predicted molar refractivity (Wildman–Crippen MR) is 260 cm³/mol. The fourth-order valence-corrected chi connectivity index (χ4v) is 12.1. The van der Waals surface area contributed by atoms with Gasteiger partial charge in [-0.25, -0.2) is 0 Å². The third-order valence-corrected chi connectivity index (χ3v) is 14.8. The lowest BCUT2D eigenvalue weighted by molar-refractivity contribution is 1.33. The van der Waals surface area contributed by atoms with Crippen molar-refractivity contribution in [3.63, 3.8) is 0 Å². The zero-order valence-corrected chi connectivity index (χ0v) is 33.8. The number of fused-ring (bicyclic) bond motifs is 14. The highest BCUT2D eigenvalue weighted by molar-refractivity contribution is 7.27. The molecular formula is C56H32N2S2. The zero-order chi connectivity index (χ0) is 39.3. The van der Waals surface area contributed by atoms with Gasteiger partial charge in [-0.05, 0) is 125 Å². The molecule has 4 heterocycles. The van der Waals surface area contributed by atoms with Gasteiger partial charge in [-0.1, -0.05) is 121 Å². The molecule has 9 aromatic carbocycles. The standard InChI is InChI=1S/C56H32N2S2/c1-3-11-51-41(9-1)45-23-21-43-47-27-40-30-50(36-19-15-34(16-20-36)38-8-6-26-58-32-38)54-44(22-24-46-42-10-2-4-12-52(42)60-56(46)54)48(40)28-39(47)29-49(53(43)55(45)59-51)35-17-13-33(14-18-35)37-7-5-25-57-31-37/h1-32H. The lowest BCUT2D eigenvalue weighted by Gasteiger charge is -2.16. The van der Waals surface area contributed by atoms with Crippen molar-refractivity contribution >= 4 is 106 Å². The van der Waals surface area contributed by atoms with Crippen LogP contribution >= 0.6 is 22.7 Å². The summed E-state index contributed by atoms with van der Waals surface area (Å²) in [5.41, 5.74) is 9.50. The molecule has 13 rings (SSSR count). The summed E-state index contributed by atoms with van der Waals surface area (Å²) in [5.74, 6) is 0. The van der Waals surface area contributed by atoms with Crippen LogP contribution in [0.4, 0.5) is 0 Å². The number of rotatable bonds is 4. The topological polar surface area (TPSA) is 25.8 Å². The molecule has 0 aliphatic carbocycles. The smallest absolute Gasteiger partial charge is 0.0440 e. The minimum Gasteiger partial charge on any atom is -0.264 e. The molecule has 4 heteroatoms. The fraction of sp³-hybridized carbons (Fsp3) is 0. The second-order valence-corrected chi connectivity index (χ2v) is 17.8. The van der Waals surface area contributed by atoms with Gasteiger partial charge in [0.2, 0.25) is 0 Å². The molecule has 0 unspecified atom stereocenters. The number of pyridine rings is 2. The summed E-state index contributed by atoms with van der Waals surface area (Å²) in [6.07, 6.45) is 7.53. The van der Waals surface area contributed by atoms with E-state index in [4.69, 9.17) is 0 Å². The van der Waals surface area contributed by atoms with Gasteiger partial charge < -0.3 is 0 Å². The second kappa shape index (κ2) is 13.1. The molecule has 0 atom stereocenters. The van der Waals surface area contributed by atoms with Crippen molar-refractivity contribution in [2.75, 3.05) is 0 Å². The average molecular weight is 797 g/mol. The van der Waals surface area contributed by atoms with Crippen LogP contribution in [0.2, 0.25) is 0 Å². The van der Waals surface area contributed by atoms with E-state index in [0.717, 1.165) is 22.3 Å². The molecule has 0 saturated heterocycles. The maximum Gasteiger partial charge on any atom is 0.0440 e. The zero-order valence-electron chi connectivity index (χ0n) is 32.2. The van der Waals surface area contributed by atoms with E-state index in [2.05, 4.69) is 168 Å². The first-order valence-electron chi connectivity index (χ1n) is 20.3. The molecule has 0 saturated carbocycles. The summed E-state index contributed by atoms with van der Waals surface area (Å²) >= 11 is 3.81. The van der Waals surface area contributed by atoms with E-state index in [1.54, 1.807) is 0 Å². The molecule has 4 aromatic heterocycles. The number of hydrogen-bond donors (Lipinski definition) is 0. The quantitative estimate of drug-likeness (QED) is 0.131. The van der Waals surface area contributed by atoms with Crippen molar-refractivity contribution in [3.8, 4) is 44.5 Å². The molecule has 0 amide bonds. The molecule has 0 N–H and O–H groups in total.